The number of aromatic nitrogens is 2. The standard InChI is InChI=1S/C24H21N5O3S/c1-16-26-23-22(24(30)28(16)25-13-18-9-5-6-10-20(18)29(31)32)19-11-12-27(15-21(19)33-23)14-17-7-3-2-4-8-17/h2-10,13H,11-12,14-15H2,1H3/b25-13+. The molecule has 33 heavy (non-hydrogen) atoms. The predicted molar refractivity (Wildman–Crippen MR) is 129 cm³/mol. The second-order valence-corrected chi connectivity index (χ2v) is 9.05. The van der Waals surface area contributed by atoms with Crippen LogP contribution in [0, 0.1) is 17.0 Å². The lowest BCUT2D eigenvalue weighted by Crippen LogP contribution is -2.30. The van der Waals surface area contributed by atoms with Crippen LogP contribution in [0.2, 0.25) is 0 Å². The van der Waals surface area contributed by atoms with Crippen molar-refractivity contribution in [3.63, 3.8) is 0 Å². The molecule has 0 N–H and O–H groups in total. The van der Waals surface area contributed by atoms with E-state index in [4.69, 9.17) is 0 Å². The van der Waals surface area contributed by atoms with Crippen molar-refractivity contribution in [3.05, 3.63) is 102 Å². The van der Waals surface area contributed by atoms with Crippen molar-refractivity contribution in [2.24, 2.45) is 5.10 Å². The van der Waals surface area contributed by atoms with Crippen LogP contribution in [0.4, 0.5) is 5.69 Å². The van der Waals surface area contributed by atoms with E-state index < -0.39 is 4.92 Å². The van der Waals surface area contributed by atoms with Crippen LogP contribution in [0.1, 0.15) is 27.4 Å². The number of hydrogen-bond acceptors (Lipinski definition) is 7. The Morgan fingerprint density at radius 1 is 1.18 bits per heavy atom. The number of fused-ring (bicyclic) bond motifs is 3. The van der Waals surface area contributed by atoms with Gasteiger partial charge in [-0.05, 0) is 30.5 Å². The van der Waals surface area contributed by atoms with Gasteiger partial charge in [-0.3, -0.25) is 19.8 Å². The van der Waals surface area contributed by atoms with Crippen molar-refractivity contribution >= 4 is 33.5 Å². The SMILES string of the molecule is Cc1nc2sc3c(c2c(=O)n1/N=C/c1ccccc1[N+](=O)[O-])CCN(Cc1ccccc1)C3. The molecule has 5 rings (SSSR count). The summed E-state index contributed by atoms with van der Waals surface area (Å²) in [5, 5.41) is 16.2. The second kappa shape index (κ2) is 8.68. The van der Waals surface area contributed by atoms with E-state index in [1.165, 1.54) is 22.5 Å². The average molecular weight is 460 g/mol. The van der Waals surface area contributed by atoms with Crippen LogP contribution >= 0.6 is 11.3 Å². The van der Waals surface area contributed by atoms with Gasteiger partial charge in [0.15, 0.2) is 0 Å². The summed E-state index contributed by atoms with van der Waals surface area (Å²) in [5.74, 6) is 0.446. The third-order valence-electron chi connectivity index (χ3n) is 5.79. The molecule has 2 aromatic carbocycles. The summed E-state index contributed by atoms with van der Waals surface area (Å²) in [4.78, 5) is 33.1. The first-order chi connectivity index (χ1) is 16.0. The van der Waals surface area contributed by atoms with Gasteiger partial charge in [0.25, 0.3) is 11.2 Å². The topological polar surface area (TPSA) is 93.6 Å². The Kier molecular flexibility index (Phi) is 5.57. The Bertz CT molecular complexity index is 1440. The number of benzene rings is 2. The van der Waals surface area contributed by atoms with Crippen molar-refractivity contribution in [3.8, 4) is 0 Å². The number of rotatable bonds is 5. The molecule has 9 heteroatoms. The van der Waals surface area contributed by atoms with Crippen molar-refractivity contribution in [1.29, 1.82) is 0 Å². The quantitative estimate of drug-likeness (QED) is 0.254. The van der Waals surface area contributed by atoms with Gasteiger partial charge in [-0.15, -0.1) is 11.3 Å². The molecule has 0 amide bonds. The first-order valence-corrected chi connectivity index (χ1v) is 11.4. The minimum Gasteiger partial charge on any atom is -0.294 e. The molecule has 0 spiro atoms. The van der Waals surface area contributed by atoms with Gasteiger partial charge < -0.3 is 0 Å². The summed E-state index contributed by atoms with van der Waals surface area (Å²) < 4.78 is 1.24. The predicted octanol–water partition coefficient (Wildman–Crippen LogP) is 4.12. The maximum Gasteiger partial charge on any atom is 0.283 e. The third kappa shape index (κ3) is 4.08. The average Bonchev–Trinajstić information content (AvgIpc) is 3.17. The Morgan fingerprint density at radius 2 is 1.94 bits per heavy atom. The highest BCUT2D eigenvalue weighted by molar-refractivity contribution is 7.18. The van der Waals surface area contributed by atoms with Crippen LogP contribution in [-0.4, -0.2) is 32.2 Å². The van der Waals surface area contributed by atoms with Crippen molar-refractivity contribution in [1.82, 2.24) is 14.6 Å². The van der Waals surface area contributed by atoms with Crippen LogP contribution in [0.5, 0.6) is 0 Å². The van der Waals surface area contributed by atoms with Crippen molar-refractivity contribution in [2.45, 2.75) is 26.4 Å². The maximum atomic E-state index is 13.4. The molecular weight excluding hydrogens is 438 g/mol. The molecule has 0 aliphatic carbocycles. The summed E-state index contributed by atoms with van der Waals surface area (Å²) in [6.07, 6.45) is 2.12. The van der Waals surface area contributed by atoms with E-state index in [1.807, 2.05) is 18.2 Å². The maximum absolute atomic E-state index is 13.4. The summed E-state index contributed by atoms with van der Waals surface area (Å²) >= 11 is 1.56. The van der Waals surface area contributed by atoms with E-state index in [9.17, 15) is 14.9 Å². The molecule has 0 saturated carbocycles. The van der Waals surface area contributed by atoms with Gasteiger partial charge in [0.05, 0.1) is 22.1 Å². The molecule has 0 fully saturated rings. The molecule has 0 unspecified atom stereocenters. The van der Waals surface area contributed by atoms with Gasteiger partial charge in [0, 0.05) is 30.6 Å². The smallest absolute Gasteiger partial charge is 0.283 e. The lowest BCUT2D eigenvalue weighted by molar-refractivity contribution is -0.385. The van der Waals surface area contributed by atoms with E-state index in [0.29, 0.717) is 16.8 Å². The normalized spacial score (nSPS) is 14.1. The molecule has 8 nitrogen and oxygen atoms in total. The molecule has 0 saturated heterocycles. The fourth-order valence-electron chi connectivity index (χ4n) is 4.18. The first kappa shape index (κ1) is 21.2. The number of hydrogen-bond donors (Lipinski definition) is 0. The van der Waals surface area contributed by atoms with Gasteiger partial charge >= 0.3 is 0 Å². The molecular formula is C24H21N5O3S. The molecule has 166 valence electrons. The van der Waals surface area contributed by atoms with E-state index in [2.05, 4.69) is 27.1 Å². The van der Waals surface area contributed by atoms with Crippen LogP contribution in [-0.2, 0) is 19.5 Å². The van der Waals surface area contributed by atoms with Gasteiger partial charge in [0.1, 0.15) is 10.7 Å². The summed E-state index contributed by atoms with van der Waals surface area (Å²) in [5.41, 5.74) is 2.35. The number of nitrogens with zero attached hydrogens (tertiary/aromatic N) is 5. The second-order valence-electron chi connectivity index (χ2n) is 7.97. The lowest BCUT2D eigenvalue weighted by Gasteiger charge is -2.26. The van der Waals surface area contributed by atoms with Gasteiger partial charge in [0.2, 0.25) is 0 Å². The van der Waals surface area contributed by atoms with Gasteiger partial charge in [-0.2, -0.15) is 9.78 Å². The Morgan fingerprint density at radius 3 is 2.73 bits per heavy atom. The summed E-state index contributed by atoms with van der Waals surface area (Å²) in [7, 11) is 0. The third-order valence-corrected chi connectivity index (χ3v) is 6.90. The number of thiophene rings is 1. The Labute approximate surface area is 193 Å². The highest BCUT2D eigenvalue weighted by atomic mass is 32.1. The molecule has 2 aromatic heterocycles. The van der Waals surface area contributed by atoms with Gasteiger partial charge in [-0.1, -0.05) is 42.5 Å². The van der Waals surface area contributed by atoms with E-state index in [0.717, 1.165) is 41.3 Å². The molecule has 1 aliphatic heterocycles. The van der Waals surface area contributed by atoms with Gasteiger partial charge in [-0.25, -0.2) is 4.98 Å². The van der Waals surface area contributed by atoms with E-state index in [-0.39, 0.29) is 11.2 Å². The molecule has 0 atom stereocenters. The zero-order valence-corrected chi connectivity index (χ0v) is 18.8. The highest BCUT2D eigenvalue weighted by Gasteiger charge is 2.24. The van der Waals surface area contributed by atoms with Crippen molar-refractivity contribution in [2.75, 3.05) is 6.54 Å². The van der Waals surface area contributed by atoms with E-state index >= 15 is 0 Å². The summed E-state index contributed by atoms with van der Waals surface area (Å²) in [6, 6.07) is 16.7. The molecule has 3 heterocycles. The number of para-hydroxylation sites is 1. The fraction of sp³-hybridized carbons (Fsp3) is 0.208. The molecule has 1 aliphatic rings. The minimum absolute atomic E-state index is 0.0626. The number of nitro benzene ring substituents is 1. The summed E-state index contributed by atoms with van der Waals surface area (Å²) in [6.45, 7) is 4.23. The Hall–Kier alpha value is -3.69. The van der Waals surface area contributed by atoms with Crippen molar-refractivity contribution < 1.29 is 4.92 Å². The fourth-order valence-corrected chi connectivity index (χ4v) is 5.48. The molecule has 0 radical (unpaired) electrons. The largest absolute Gasteiger partial charge is 0.294 e. The zero-order chi connectivity index (χ0) is 22.9. The number of aryl methyl sites for hydroxylation is 1. The minimum atomic E-state index is -0.463. The monoisotopic (exact) mass is 459 g/mol. The Balaban J connectivity index is 1.49. The zero-order valence-electron chi connectivity index (χ0n) is 18.0. The highest BCUT2D eigenvalue weighted by Crippen LogP contribution is 2.33. The number of nitro groups is 1. The first-order valence-electron chi connectivity index (χ1n) is 10.6. The van der Waals surface area contributed by atoms with Crippen LogP contribution in [0.25, 0.3) is 10.2 Å². The molecule has 4 aromatic rings. The molecule has 0 bridgehead atoms. The van der Waals surface area contributed by atoms with Crippen LogP contribution in [0.3, 0.4) is 0 Å². The van der Waals surface area contributed by atoms with Crippen LogP contribution < -0.4 is 5.56 Å². The van der Waals surface area contributed by atoms with Crippen LogP contribution in [0.15, 0.2) is 64.5 Å². The lowest BCUT2D eigenvalue weighted by atomic mass is 10.0. The van der Waals surface area contributed by atoms with E-state index in [1.54, 1.807) is 36.5 Å².